The van der Waals surface area contributed by atoms with Gasteiger partial charge in [0, 0.05) is 38.5 Å². The lowest BCUT2D eigenvalue weighted by Crippen LogP contribution is -2.30. The van der Waals surface area contributed by atoms with Gasteiger partial charge in [0.1, 0.15) is 0 Å². The molecule has 0 aliphatic heterocycles. The van der Waals surface area contributed by atoms with Crippen molar-refractivity contribution in [2.24, 2.45) is 19.9 Å². The average molecular weight is 234 g/mol. The molecule has 92 valence electrons. The molecule has 0 spiro atoms. The number of hydrogen-bond acceptors (Lipinski definition) is 4. The molecule has 1 atom stereocenters. The van der Waals surface area contributed by atoms with E-state index in [4.69, 9.17) is 5.84 Å². The van der Waals surface area contributed by atoms with Crippen LogP contribution in [-0.2, 0) is 20.5 Å². The highest BCUT2D eigenvalue weighted by Crippen LogP contribution is 2.19. The maximum absolute atomic E-state index is 5.62. The Labute approximate surface area is 100 Å². The number of rotatable bonds is 4. The van der Waals surface area contributed by atoms with Crippen LogP contribution in [0.3, 0.4) is 0 Å². The molecular formula is C11H18N6. The number of aryl methyl sites for hydroxylation is 3. The Kier molecular flexibility index (Phi) is 3.26. The first-order chi connectivity index (χ1) is 8.10. The molecule has 2 rings (SSSR count). The molecule has 0 aromatic carbocycles. The Morgan fingerprint density at radius 3 is 2.59 bits per heavy atom. The highest BCUT2D eigenvalue weighted by molar-refractivity contribution is 5.21. The van der Waals surface area contributed by atoms with E-state index < -0.39 is 0 Å². The zero-order valence-electron chi connectivity index (χ0n) is 10.4. The number of hydrazine groups is 1. The Bertz CT molecular complexity index is 498. The minimum Gasteiger partial charge on any atom is -0.276 e. The van der Waals surface area contributed by atoms with Gasteiger partial charge in [-0.05, 0) is 13.0 Å². The first-order valence-electron chi connectivity index (χ1n) is 5.55. The fraction of sp³-hybridized carbons (Fsp3) is 0.455. The van der Waals surface area contributed by atoms with Crippen molar-refractivity contribution in [3.63, 3.8) is 0 Å². The summed E-state index contributed by atoms with van der Waals surface area (Å²) >= 11 is 0. The first kappa shape index (κ1) is 11.8. The van der Waals surface area contributed by atoms with Gasteiger partial charge >= 0.3 is 0 Å². The summed E-state index contributed by atoms with van der Waals surface area (Å²) in [4.78, 5) is 0. The number of aromatic nitrogens is 4. The van der Waals surface area contributed by atoms with Crippen molar-refractivity contribution in [1.29, 1.82) is 0 Å². The highest BCUT2D eigenvalue weighted by Gasteiger charge is 2.16. The largest absolute Gasteiger partial charge is 0.276 e. The van der Waals surface area contributed by atoms with Gasteiger partial charge in [0.05, 0.1) is 17.4 Å². The lowest BCUT2D eigenvalue weighted by Gasteiger charge is -2.13. The molecule has 0 radical (unpaired) electrons. The quantitative estimate of drug-likeness (QED) is 0.586. The van der Waals surface area contributed by atoms with Crippen molar-refractivity contribution < 1.29 is 0 Å². The van der Waals surface area contributed by atoms with Crippen LogP contribution in [0.25, 0.3) is 0 Å². The zero-order valence-corrected chi connectivity index (χ0v) is 10.4. The van der Waals surface area contributed by atoms with Crippen LogP contribution < -0.4 is 11.3 Å². The zero-order chi connectivity index (χ0) is 12.4. The fourth-order valence-electron chi connectivity index (χ4n) is 2.00. The third kappa shape index (κ3) is 2.54. The van der Waals surface area contributed by atoms with Crippen LogP contribution in [0.1, 0.15) is 23.0 Å². The SMILES string of the molecule is Cc1nn(C)cc1C(Cc1ccn(C)n1)NN. The molecule has 0 bridgehead atoms. The van der Waals surface area contributed by atoms with Gasteiger partial charge in [0.25, 0.3) is 0 Å². The Morgan fingerprint density at radius 2 is 2.12 bits per heavy atom. The maximum atomic E-state index is 5.62. The number of hydrogen-bond donors (Lipinski definition) is 2. The first-order valence-corrected chi connectivity index (χ1v) is 5.55. The molecule has 3 N–H and O–H groups in total. The van der Waals surface area contributed by atoms with E-state index in [2.05, 4.69) is 15.6 Å². The second-order valence-corrected chi connectivity index (χ2v) is 4.25. The van der Waals surface area contributed by atoms with Crippen molar-refractivity contribution in [2.75, 3.05) is 0 Å². The second kappa shape index (κ2) is 4.68. The molecule has 0 saturated heterocycles. The minimum absolute atomic E-state index is 0.0404. The van der Waals surface area contributed by atoms with Crippen molar-refractivity contribution in [2.45, 2.75) is 19.4 Å². The van der Waals surface area contributed by atoms with Gasteiger partial charge in [-0.2, -0.15) is 10.2 Å². The van der Waals surface area contributed by atoms with Crippen LogP contribution in [0.5, 0.6) is 0 Å². The van der Waals surface area contributed by atoms with Gasteiger partial charge < -0.3 is 0 Å². The highest BCUT2D eigenvalue weighted by atomic mass is 15.3. The topological polar surface area (TPSA) is 73.7 Å². The van der Waals surface area contributed by atoms with E-state index in [-0.39, 0.29) is 6.04 Å². The molecular weight excluding hydrogens is 216 g/mol. The number of nitrogens with two attached hydrogens (primary N) is 1. The van der Waals surface area contributed by atoms with Gasteiger partial charge in [-0.3, -0.25) is 20.6 Å². The smallest absolute Gasteiger partial charge is 0.0644 e. The predicted octanol–water partition coefficient (Wildman–Crippen LogP) is 0.209. The van der Waals surface area contributed by atoms with Crippen molar-refractivity contribution in [1.82, 2.24) is 25.0 Å². The molecule has 0 fully saturated rings. The van der Waals surface area contributed by atoms with Crippen LogP contribution in [0.2, 0.25) is 0 Å². The Morgan fingerprint density at radius 1 is 1.35 bits per heavy atom. The molecule has 2 heterocycles. The summed E-state index contributed by atoms with van der Waals surface area (Å²) in [5.74, 6) is 5.62. The molecule has 2 aromatic rings. The van der Waals surface area contributed by atoms with E-state index in [1.54, 1.807) is 9.36 Å². The van der Waals surface area contributed by atoms with Gasteiger partial charge in [-0.1, -0.05) is 0 Å². The minimum atomic E-state index is 0.0404. The summed E-state index contributed by atoms with van der Waals surface area (Å²) in [6, 6.07) is 2.04. The molecule has 0 aliphatic carbocycles. The Hall–Kier alpha value is -1.66. The van der Waals surface area contributed by atoms with Crippen LogP contribution >= 0.6 is 0 Å². The van der Waals surface area contributed by atoms with Gasteiger partial charge in [-0.15, -0.1) is 0 Å². The summed E-state index contributed by atoms with van der Waals surface area (Å²) in [6.07, 6.45) is 4.67. The Balaban J connectivity index is 2.19. The maximum Gasteiger partial charge on any atom is 0.0644 e. The third-order valence-corrected chi connectivity index (χ3v) is 2.81. The third-order valence-electron chi connectivity index (χ3n) is 2.81. The monoisotopic (exact) mass is 234 g/mol. The number of nitrogens with one attached hydrogen (secondary N) is 1. The van der Waals surface area contributed by atoms with Crippen LogP contribution in [0, 0.1) is 6.92 Å². The van der Waals surface area contributed by atoms with Crippen LogP contribution in [-0.4, -0.2) is 19.6 Å². The summed E-state index contributed by atoms with van der Waals surface area (Å²) < 4.78 is 3.59. The van der Waals surface area contributed by atoms with E-state index >= 15 is 0 Å². The summed E-state index contributed by atoms with van der Waals surface area (Å²) in [5, 5.41) is 8.68. The van der Waals surface area contributed by atoms with Crippen LogP contribution in [0.4, 0.5) is 0 Å². The summed E-state index contributed by atoms with van der Waals surface area (Å²) in [5.41, 5.74) is 5.94. The van der Waals surface area contributed by atoms with Crippen molar-refractivity contribution in [3.8, 4) is 0 Å². The normalized spacial score (nSPS) is 12.9. The molecule has 2 aromatic heterocycles. The summed E-state index contributed by atoms with van der Waals surface area (Å²) in [7, 11) is 3.81. The lowest BCUT2D eigenvalue weighted by atomic mass is 10.0. The van der Waals surface area contributed by atoms with E-state index in [1.807, 2.05) is 39.5 Å². The molecule has 0 aliphatic rings. The molecule has 6 heteroatoms. The predicted molar refractivity (Wildman–Crippen MR) is 64.9 cm³/mol. The molecule has 17 heavy (non-hydrogen) atoms. The van der Waals surface area contributed by atoms with E-state index in [9.17, 15) is 0 Å². The number of nitrogens with zero attached hydrogens (tertiary/aromatic N) is 4. The summed E-state index contributed by atoms with van der Waals surface area (Å²) in [6.45, 7) is 1.98. The van der Waals surface area contributed by atoms with Crippen molar-refractivity contribution in [3.05, 3.63) is 35.4 Å². The van der Waals surface area contributed by atoms with Gasteiger partial charge in [-0.25, -0.2) is 0 Å². The van der Waals surface area contributed by atoms with Gasteiger partial charge in [0.15, 0.2) is 0 Å². The van der Waals surface area contributed by atoms with Gasteiger partial charge in [0.2, 0.25) is 0 Å². The molecule has 1 unspecified atom stereocenters. The lowest BCUT2D eigenvalue weighted by molar-refractivity contribution is 0.539. The fourth-order valence-corrected chi connectivity index (χ4v) is 2.00. The molecule has 0 amide bonds. The second-order valence-electron chi connectivity index (χ2n) is 4.25. The van der Waals surface area contributed by atoms with E-state index in [0.717, 1.165) is 23.4 Å². The van der Waals surface area contributed by atoms with Crippen LogP contribution in [0.15, 0.2) is 18.5 Å². The van der Waals surface area contributed by atoms with E-state index in [0.29, 0.717) is 0 Å². The molecule has 6 nitrogen and oxygen atoms in total. The van der Waals surface area contributed by atoms with E-state index in [1.165, 1.54) is 0 Å². The standard InChI is InChI=1S/C11H18N6/c1-8-10(7-17(3)14-8)11(13-12)6-9-4-5-16(2)15-9/h4-5,7,11,13H,6,12H2,1-3H3. The van der Waals surface area contributed by atoms with Crippen molar-refractivity contribution >= 4 is 0 Å². The molecule has 0 saturated carbocycles. The average Bonchev–Trinajstić information content (AvgIpc) is 2.82.